The molecule has 1 amide bonds. The molecule has 57 heavy (non-hydrogen) atoms. The van der Waals surface area contributed by atoms with Crippen LogP contribution in [0.15, 0.2) is 18.2 Å². The van der Waals surface area contributed by atoms with Gasteiger partial charge in [-0.2, -0.15) is 28.4 Å². The first-order valence-corrected chi connectivity index (χ1v) is 20.3. The fourth-order valence-electron chi connectivity index (χ4n) is 9.10. The normalized spacial score (nSPS) is 22.8. The van der Waals surface area contributed by atoms with Crippen molar-refractivity contribution < 1.29 is 40.6 Å². The van der Waals surface area contributed by atoms with Gasteiger partial charge in [0.1, 0.15) is 41.0 Å². The molecule has 2 aromatic carbocycles. The van der Waals surface area contributed by atoms with Crippen LogP contribution in [0.25, 0.3) is 32.1 Å². The molecule has 4 aliphatic heterocycles. The highest BCUT2D eigenvalue weighted by molar-refractivity contribution is 7.23. The molecule has 4 saturated heterocycles. The predicted octanol–water partition coefficient (Wildman–Crippen LogP) is 8.10. The molecule has 2 aromatic heterocycles. The number of ether oxygens (including phenoxy) is 2. The van der Waals surface area contributed by atoms with Gasteiger partial charge in [0.25, 0.3) is 0 Å². The summed E-state index contributed by atoms with van der Waals surface area (Å²) >= 11 is 0.684. The molecule has 0 saturated carbocycles. The Morgan fingerprint density at radius 3 is 2.61 bits per heavy atom. The number of nitriles is 1. The number of rotatable bonds is 8. The van der Waals surface area contributed by atoms with E-state index in [1.807, 2.05) is 24.8 Å². The van der Waals surface area contributed by atoms with Crippen LogP contribution in [0.5, 0.6) is 6.01 Å². The van der Waals surface area contributed by atoms with Crippen molar-refractivity contribution in [2.75, 3.05) is 63.2 Å². The van der Waals surface area contributed by atoms with E-state index in [9.17, 15) is 14.4 Å². The molecule has 3 atom stereocenters. The van der Waals surface area contributed by atoms with Crippen molar-refractivity contribution in [3.63, 3.8) is 0 Å². The number of amides is 1. The number of aromatic nitrogens is 2. The second-order valence-electron chi connectivity index (χ2n) is 14.9. The number of fused-ring (bicyclic) bond motifs is 3. The monoisotopic (exact) mass is 817 g/mol. The van der Waals surface area contributed by atoms with Crippen molar-refractivity contribution in [2.24, 2.45) is 5.92 Å². The SMILES string of the molecule is CC.CCN(c1nc(OCC23CCCN2CC(F)C3)nc2c(F)c(-c3ccc(F)c4sc(N)c(C#N)c34)c(C(F)(F)F)cc12)C1CCN(C(=O)C2CCOCC2)C1. The molecule has 6 heterocycles. The number of hydrogen-bond acceptors (Lipinski definition) is 10. The van der Waals surface area contributed by atoms with E-state index in [1.54, 1.807) is 16.7 Å². The summed E-state index contributed by atoms with van der Waals surface area (Å²) in [5.74, 6) is -2.40. The Bertz CT molecular complexity index is 2210. The van der Waals surface area contributed by atoms with Gasteiger partial charge in [0.05, 0.1) is 21.4 Å². The first-order valence-electron chi connectivity index (χ1n) is 19.5. The average Bonchev–Trinajstić information content (AvgIpc) is 3.98. The predicted molar refractivity (Wildman–Crippen MR) is 206 cm³/mol. The molecule has 306 valence electrons. The van der Waals surface area contributed by atoms with Gasteiger partial charge in [-0.1, -0.05) is 19.9 Å². The summed E-state index contributed by atoms with van der Waals surface area (Å²) in [7, 11) is 0. The quantitative estimate of drug-likeness (QED) is 0.176. The van der Waals surface area contributed by atoms with Crippen LogP contribution in [0, 0.1) is 28.9 Å². The van der Waals surface area contributed by atoms with Crippen molar-refractivity contribution in [3.8, 4) is 23.2 Å². The fourth-order valence-corrected chi connectivity index (χ4v) is 10.0. The maximum Gasteiger partial charge on any atom is 0.417 e. The van der Waals surface area contributed by atoms with Crippen molar-refractivity contribution in [3.05, 3.63) is 41.0 Å². The third kappa shape index (κ3) is 7.33. The highest BCUT2D eigenvalue weighted by atomic mass is 32.1. The van der Waals surface area contributed by atoms with Crippen LogP contribution in [-0.2, 0) is 15.7 Å². The van der Waals surface area contributed by atoms with E-state index in [0.29, 0.717) is 63.3 Å². The molecule has 4 aliphatic rings. The van der Waals surface area contributed by atoms with Gasteiger partial charge in [-0.05, 0) is 63.3 Å². The summed E-state index contributed by atoms with van der Waals surface area (Å²) in [6.45, 7) is 8.63. The lowest BCUT2D eigenvalue weighted by Crippen LogP contribution is -2.43. The summed E-state index contributed by atoms with van der Waals surface area (Å²) in [6.07, 6.45) is -2.77. The lowest BCUT2D eigenvalue weighted by atomic mass is 9.92. The molecular weight excluding hydrogens is 773 g/mol. The Morgan fingerprint density at radius 2 is 1.91 bits per heavy atom. The topological polar surface area (TPSA) is 121 Å². The summed E-state index contributed by atoms with van der Waals surface area (Å²) in [5.41, 5.74) is 1.94. The lowest BCUT2D eigenvalue weighted by molar-refractivity contribution is -0.138. The van der Waals surface area contributed by atoms with Gasteiger partial charge < -0.3 is 25.0 Å². The van der Waals surface area contributed by atoms with E-state index in [0.717, 1.165) is 24.6 Å². The summed E-state index contributed by atoms with van der Waals surface area (Å²) in [4.78, 5) is 28.0. The van der Waals surface area contributed by atoms with Crippen molar-refractivity contribution in [2.45, 2.75) is 83.2 Å². The van der Waals surface area contributed by atoms with E-state index in [1.165, 1.54) is 0 Å². The summed E-state index contributed by atoms with van der Waals surface area (Å²) < 4.78 is 104. The Kier molecular flexibility index (Phi) is 11.5. The first kappa shape index (κ1) is 40.8. The maximum atomic E-state index is 17.3. The zero-order valence-electron chi connectivity index (χ0n) is 32.0. The Hall–Kier alpha value is -4.40. The van der Waals surface area contributed by atoms with Crippen molar-refractivity contribution in [1.29, 1.82) is 5.26 Å². The van der Waals surface area contributed by atoms with Crippen molar-refractivity contribution in [1.82, 2.24) is 19.8 Å². The van der Waals surface area contributed by atoms with E-state index in [2.05, 4.69) is 9.97 Å². The maximum absolute atomic E-state index is 17.3. The number of carbonyl (C=O) groups is 1. The smallest absolute Gasteiger partial charge is 0.417 e. The average molecular weight is 818 g/mol. The second kappa shape index (κ2) is 16.1. The van der Waals surface area contributed by atoms with Gasteiger partial charge in [0, 0.05) is 74.1 Å². The molecule has 8 rings (SSSR count). The van der Waals surface area contributed by atoms with Gasteiger partial charge in [-0.25, -0.2) is 13.2 Å². The summed E-state index contributed by atoms with van der Waals surface area (Å²) in [5, 5.41) is 9.29. The molecule has 0 bridgehead atoms. The first-order chi connectivity index (χ1) is 27.3. The number of likely N-dealkylation sites (N-methyl/N-ethyl adjacent to an activating group) is 1. The molecule has 17 heteroatoms. The van der Waals surface area contributed by atoms with Gasteiger partial charge in [-0.15, -0.1) is 11.3 Å². The molecule has 3 unspecified atom stereocenters. The number of alkyl halides is 4. The third-order valence-electron chi connectivity index (χ3n) is 11.7. The highest BCUT2D eigenvalue weighted by Gasteiger charge is 2.49. The minimum atomic E-state index is -5.13. The number of anilines is 2. The second-order valence-corrected chi connectivity index (χ2v) is 15.9. The third-order valence-corrected chi connectivity index (χ3v) is 12.8. The zero-order valence-corrected chi connectivity index (χ0v) is 32.8. The van der Waals surface area contributed by atoms with Crippen LogP contribution >= 0.6 is 11.3 Å². The number of likely N-dealkylation sites (tertiary alicyclic amines) is 1. The van der Waals surface area contributed by atoms with E-state index in [4.69, 9.17) is 15.2 Å². The van der Waals surface area contributed by atoms with E-state index >= 15 is 22.0 Å². The van der Waals surface area contributed by atoms with Crippen LogP contribution in [-0.4, -0.2) is 96.0 Å². The number of carbonyl (C=O) groups excluding carboxylic acids is 1. The van der Waals surface area contributed by atoms with Gasteiger partial charge in [0.15, 0.2) is 5.82 Å². The fraction of sp³-hybridized carbons (Fsp3) is 0.550. The molecular formula is C40H45F6N7O3S. The van der Waals surface area contributed by atoms with Crippen LogP contribution in [0.2, 0.25) is 0 Å². The molecule has 10 nitrogen and oxygen atoms in total. The molecule has 4 fully saturated rings. The minimum Gasteiger partial charge on any atom is -0.461 e. The Balaban J connectivity index is 0.00000244. The number of halogens is 6. The number of nitrogens with two attached hydrogens (primary N) is 1. The van der Waals surface area contributed by atoms with E-state index in [-0.39, 0.29) is 94.0 Å². The number of hydrogen-bond donors (Lipinski definition) is 1. The van der Waals surface area contributed by atoms with Gasteiger partial charge >= 0.3 is 12.2 Å². The Labute approximate surface area is 330 Å². The summed E-state index contributed by atoms with van der Waals surface area (Å²) in [6, 6.07) is 3.86. The standard InChI is InChI=1S/C38H39F6N7O3S.C2H6/c1-2-51(22-6-11-49(18-22)35(52)20-7-12-53-13-8-20)34-24-14-26(38(42,43)44)29(23-4-5-27(40)32-28(23)25(16-45)33(46)55-32)30(41)31(24)47-36(48-34)54-19-37-9-3-10-50(37)17-21(39)15-37;1-2/h4-5,14,20-22H,2-3,6-13,15,17-19,46H2,1H3;1-2H3. The minimum absolute atomic E-state index is 0.00649. The lowest BCUT2D eigenvalue weighted by Gasteiger charge is -2.32. The molecule has 0 spiro atoms. The van der Waals surface area contributed by atoms with Crippen LogP contribution in [0.1, 0.15) is 70.4 Å². The molecule has 4 aromatic rings. The van der Waals surface area contributed by atoms with Crippen LogP contribution < -0.4 is 15.4 Å². The number of nitrogen functional groups attached to an aromatic ring is 1. The molecule has 0 aliphatic carbocycles. The van der Waals surface area contributed by atoms with Crippen LogP contribution in [0.4, 0.5) is 37.2 Å². The largest absolute Gasteiger partial charge is 0.461 e. The number of thiophene rings is 1. The molecule has 2 N–H and O–H groups in total. The number of benzene rings is 2. The number of nitrogens with zero attached hydrogens (tertiary/aromatic N) is 6. The van der Waals surface area contributed by atoms with Gasteiger partial charge in [0.2, 0.25) is 5.91 Å². The van der Waals surface area contributed by atoms with Crippen molar-refractivity contribution >= 4 is 49.1 Å². The highest BCUT2D eigenvalue weighted by Crippen LogP contribution is 2.48. The van der Waals surface area contributed by atoms with Gasteiger partial charge in [-0.3, -0.25) is 9.69 Å². The Morgan fingerprint density at radius 1 is 1.16 bits per heavy atom. The van der Waals surface area contributed by atoms with Crippen LogP contribution in [0.3, 0.4) is 0 Å². The van der Waals surface area contributed by atoms with E-state index < -0.39 is 46.2 Å². The molecule has 0 radical (unpaired) electrons. The zero-order chi connectivity index (χ0) is 40.8.